The van der Waals surface area contributed by atoms with E-state index in [2.05, 4.69) is 31.4 Å². The first-order valence-corrected chi connectivity index (χ1v) is 14.8. The number of benzene rings is 4. The van der Waals surface area contributed by atoms with Crippen molar-refractivity contribution in [3.05, 3.63) is 140 Å². The van der Waals surface area contributed by atoms with Crippen molar-refractivity contribution in [3.63, 3.8) is 0 Å². The molecule has 0 aliphatic carbocycles. The van der Waals surface area contributed by atoms with Gasteiger partial charge in [0, 0.05) is 20.8 Å². The summed E-state index contributed by atoms with van der Waals surface area (Å²) in [5.41, 5.74) is 3.07. The van der Waals surface area contributed by atoms with E-state index in [1.807, 2.05) is 47.0 Å². The number of hydrogen-bond acceptors (Lipinski definition) is 4. The number of nitrogens with zero attached hydrogens (tertiary/aromatic N) is 3. The molecule has 0 aliphatic rings. The number of amides is 1. The first-order chi connectivity index (χ1) is 19.4. The van der Waals surface area contributed by atoms with Gasteiger partial charge in [-0.05, 0) is 66.1 Å². The number of nitrogens with one attached hydrogen (secondary N) is 1. The predicted molar refractivity (Wildman–Crippen MR) is 162 cm³/mol. The van der Waals surface area contributed by atoms with Crippen LogP contribution in [0.5, 0.6) is 0 Å². The summed E-state index contributed by atoms with van der Waals surface area (Å²) in [6, 6.07) is 28.0. The van der Waals surface area contributed by atoms with E-state index in [0.29, 0.717) is 44.5 Å². The zero-order chi connectivity index (χ0) is 28.1. The number of aromatic nitrogens is 3. The van der Waals surface area contributed by atoms with Crippen LogP contribution >= 0.6 is 50.9 Å². The second kappa shape index (κ2) is 13.0. The van der Waals surface area contributed by atoms with Gasteiger partial charge in [-0.1, -0.05) is 99.4 Å². The molecule has 0 saturated heterocycles. The third kappa shape index (κ3) is 6.93. The van der Waals surface area contributed by atoms with Crippen LogP contribution in [-0.2, 0) is 12.2 Å². The van der Waals surface area contributed by atoms with Crippen LogP contribution < -0.4 is 5.32 Å². The molecule has 0 bridgehead atoms. The molecule has 5 nitrogen and oxygen atoms in total. The van der Waals surface area contributed by atoms with Gasteiger partial charge in [0.2, 0.25) is 0 Å². The molecule has 1 unspecified atom stereocenters. The molecule has 40 heavy (non-hydrogen) atoms. The largest absolute Gasteiger partial charge is 0.342 e. The Hall–Kier alpha value is -3.17. The number of halogens is 4. The fraction of sp³-hybridized carbons (Fsp3) is 0.100. The van der Waals surface area contributed by atoms with Crippen LogP contribution in [0.3, 0.4) is 0 Å². The van der Waals surface area contributed by atoms with Crippen LogP contribution in [-0.4, -0.2) is 20.7 Å². The van der Waals surface area contributed by atoms with E-state index in [1.165, 1.54) is 23.9 Å². The Morgan fingerprint density at radius 3 is 2.42 bits per heavy atom. The number of carbonyl (C=O) groups is 1. The van der Waals surface area contributed by atoms with Crippen molar-refractivity contribution in [2.24, 2.45) is 0 Å². The van der Waals surface area contributed by atoms with Crippen molar-refractivity contribution < 1.29 is 9.18 Å². The van der Waals surface area contributed by atoms with Crippen molar-refractivity contribution in [2.75, 3.05) is 0 Å². The lowest BCUT2D eigenvalue weighted by molar-refractivity contribution is 0.0934. The third-order valence-corrected chi connectivity index (χ3v) is 8.11. The van der Waals surface area contributed by atoms with E-state index < -0.39 is 6.04 Å². The van der Waals surface area contributed by atoms with E-state index in [0.717, 1.165) is 15.6 Å². The van der Waals surface area contributed by atoms with E-state index >= 15 is 0 Å². The van der Waals surface area contributed by atoms with Gasteiger partial charge < -0.3 is 5.32 Å². The van der Waals surface area contributed by atoms with Crippen molar-refractivity contribution >= 4 is 56.8 Å². The minimum Gasteiger partial charge on any atom is -0.342 e. The summed E-state index contributed by atoms with van der Waals surface area (Å²) < 4.78 is 16.1. The first kappa shape index (κ1) is 28.4. The molecule has 5 aromatic rings. The molecule has 1 amide bonds. The lowest BCUT2D eigenvalue weighted by atomic mass is 10.0. The summed E-state index contributed by atoms with van der Waals surface area (Å²) in [5.74, 6) is 0.492. The van der Waals surface area contributed by atoms with E-state index in [4.69, 9.17) is 23.2 Å². The SMILES string of the molecule is O=C(NC(Cc1ccccc1)c1nnc(SCc2ccc(F)cc2)n1-c1ccc(Cl)cc1Cl)c1cccc(Br)c1. The monoisotopic (exact) mass is 654 g/mol. The summed E-state index contributed by atoms with van der Waals surface area (Å²) >= 11 is 17.8. The summed E-state index contributed by atoms with van der Waals surface area (Å²) in [6.07, 6.45) is 0.465. The van der Waals surface area contributed by atoms with Gasteiger partial charge in [-0.3, -0.25) is 9.36 Å². The Balaban J connectivity index is 1.56. The number of hydrogen-bond donors (Lipinski definition) is 1. The molecular weight excluding hydrogens is 634 g/mol. The Kier molecular flexibility index (Phi) is 9.22. The maximum Gasteiger partial charge on any atom is 0.251 e. The normalized spacial score (nSPS) is 11.8. The number of rotatable bonds is 9. The minimum absolute atomic E-state index is 0.250. The van der Waals surface area contributed by atoms with Crippen molar-refractivity contribution in [3.8, 4) is 5.69 Å². The molecule has 1 atom stereocenters. The molecule has 1 N–H and O–H groups in total. The van der Waals surface area contributed by atoms with Gasteiger partial charge in [0.1, 0.15) is 5.82 Å². The van der Waals surface area contributed by atoms with Gasteiger partial charge in [-0.15, -0.1) is 10.2 Å². The summed E-state index contributed by atoms with van der Waals surface area (Å²) in [5, 5.41) is 13.7. The van der Waals surface area contributed by atoms with Crippen molar-refractivity contribution in [1.29, 1.82) is 0 Å². The first-order valence-electron chi connectivity index (χ1n) is 12.3. The van der Waals surface area contributed by atoms with Crippen molar-refractivity contribution in [1.82, 2.24) is 20.1 Å². The quantitative estimate of drug-likeness (QED) is 0.162. The highest BCUT2D eigenvalue weighted by Gasteiger charge is 2.26. The van der Waals surface area contributed by atoms with Gasteiger partial charge in [0.05, 0.1) is 16.8 Å². The zero-order valence-electron chi connectivity index (χ0n) is 20.9. The molecule has 0 radical (unpaired) electrons. The van der Waals surface area contributed by atoms with E-state index in [9.17, 15) is 9.18 Å². The van der Waals surface area contributed by atoms with Crippen LogP contribution in [0.2, 0.25) is 10.0 Å². The van der Waals surface area contributed by atoms with Gasteiger partial charge in [-0.25, -0.2) is 4.39 Å². The van der Waals surface area contributed by atoms with Crippen LogP contribution in [0.4, 0.5) is 4.39 Å². The molecule has 0 saturated carbocycles. The Bertz CT molecular complexity index is 1630. The highest BCUT2D eigenvalue weighted by molar-refractivity contribution is 9.10. The lowest BCUT2D eigenvalue weighted by Gasteiger charge is -2.21. The molecule has 0 aliphatic heterocycles. The predicted octanol–water partition coefficient (Wildman–Crippen LogP) is 8.48. The lowest BCUT2D eigenvalue weighted by Crippen LogP contribution is -2.32. The van der Waals surface area contributed by atoms with Gasteiger partial charge in [0.15, 0.2) is 11.0 Å². The van der Waals surface area contributed by atoms with Gasteiger partial charge in [-0.2, -0.15) is 0 Å². The average molecular weight is 656 g/mol. The number of carbonyl (C=O) groups excluding carboxylic acids is 1. The fourth-order valence-electron chi connectivity index (χ4n) is 4.15. The molecule has 5 rings (SSSR count). The molecular formula is C30H22BrCl2FN4OS. The van der Waals surface area contributed by atoms with Crippen LogP contribution in [0.15, 0.2) is 107 Å². The fourth-order valence-corrected chi connectivity index (χ4v) is 5.95. The highest BCUT2D eigenvalue weighted by atomic mass is 79.9. The highest BCUT2D eigenvalue weighted by Crippen LogP contribution is 2.33. The molecule has 1 aromatic heterocycles. The maximum atomic E-state index is 13.4. The van der Waals surface area contributed by atoms with E-state index in [1.54, 1.807) is 42.5 Å². The third-order valence-electron chi connectivity index (χ3n) is 6.08. The second-order valence-corrected chi connectivity index (χ2v) is 11.6. The molecule has 1 heterocycles. The molecule has 4 aromatic carbocycles. The molecule has 0 spiro atoms. The topological polar surface area (TPSA) is 59.8 Å². The Labute approximate surface area is 253 Å². The Morgan fingerprint density at radius 2 is 1.70 bits per heavy atom. The molecule has 0 fully saturated rings. The van der Waals surface area contributed by atoms with Gasteiger partial charge in [0.25, 0.3) is 5.91 Å². The van der Waals surface area contributed by atoms with Crippen LogP contribution in [0, 0.1) is 5.82 Å². The Morgan fingerprint density at radius 1 is 0.925 bits per heavy atom. The van der Waals surface area contributed by atoms with Gasteiger partial charge >= 0.3 is 0 Å². The number of thioether (sulfide) groups is 1. The summed E-state index contributed by atoms with van der Waals surface area (Å²) in [4.78, 5) is 13.4. The smallest absolute Gasteiger partial charge is 0.251 e. The maximum absolute atomic E-state index is 13.4. The van der Waals surface area contributed by atoms with Crippen LogP contribution in [0.25, 0.3) is 5.69 Å². The standard InChI is InChI=1S/C30H22BrCl2FN4OS/c31-22-8-4-7-21(16-22)29(39)35-26(15-19-5-2-1-3-6-19)28-36-37-30(40-18-20-9-12-24(34)13-10-20)38(28)27-14-11-23(32)17-25(27)33/h1-14,16-17,26H,15,18H2,(H,35,39). The summed E-state index contributed by atoms with van der Waals surface area (Å²) in [6.45, 7) is 0. The second-order valence-electron chi connectivity index (χ2n) is 8.91. The van der Waals surface area contributed by atoms with Crippen LogP contribution in [0.1, 0.15) is 33.4 Å². The molecule has 10 heteroatoms. The zero-order valence-corrected chi connectivity index (χ0v) is 24.8. The summed E-state index contributed by atoms with van der Waals surface area (Å²) in [7, 11) is 0. The van der Waals surface area contributed by atoms with E-state index in [-0.39, 0.29) is 11.7 Å². The minimum atomic E-state index is -0.548. The molecule has 202 valence electrons. The average Bonchev–Trinajstić information content (AvgIpc) is 3.36. The van der Waals surface area contributed by atoms with Crippen molar-refractivity contribution in [2.45, 2.75) is 23.4 Å².